The minimum atomic E-state index is -0.193. The van der Waals surface area contributed by atoms with E-state index in [9.17, 15) is 0 Å². The van der Waals surface area contributed by atoms with Crippen molar-refractivity contribution in [3.05, 3.63) is 28.5 Å². The van der Waals surface area contributed by atoms with Crippen molar-refractivity contribution in [2.45, 2.75) is 31.1 Å². The third-order valence-corrected chi connectivity index (χ3v) is 4.83. The summed E-state index contributed by atoms with van der Waals surface area (Å²) in [6.07, 6.45) is 2.01. The number of nitrogens with zero attached hydrogens (tertiary/aromatic N) is 2. The maximum atomic E-state index is 6.11. The fraction of sp³-hybridized carbons (Fsp3) is 0.643. The summed E-state index contributed by atoms with van der Waals surface area (Å²) >= 11 is 6.04. The van der Waals surface area contributed by atoms with Crippen LogP contribution >= 0.6 is 11.6 Å². The maximum absolute atomic E-state index is 6.11. The van der Waals surface area contributed by atoms with E-state index in [4.69, 9.17) is 21.1 Å². The van der Waals surface area contributed by atoms with Crippen molar-refractivity contribution >= 4 is 11.6 Å². The molecule has 0 unspecified atom stereocenters. The van der Waals surface area contributed by atoms with Gasteiger partial charge in [0.1, 0.15) is 10.8 Å². The highest BCUT2D eigenvalue weighted by Gasteiger charge is 2.45. The van der Waals surface area contributed by atoms with Crippen LogP contribution < -0.4 is 0 Å². The lowest BCUT2D eigenvalue weighted by Crippen LogP contribution is -2.54. The fourth-order valence-electron chi connectivity index (χ4n) is 3.32. The van der Waals surface area contributed by atoms with Gasteiger partial charge in [0.05, 0.1) is 31.6 Å². The van der Waals surface area contributed by atoms with Gasteiger partial charge in [-0.15, -0.1) is 0 Å². The predicted molar refractivity (Wildman–Crippen MR) is 71.1 cm³/mol. The van der Waals surface area contributed by atoms with Gasteiger partial charge in [0.25, 0.3) is 0 Å². The first-order chi connectivity index (χ1) is 9.27. The Balaban J connectivity index is 1.56. The van der Waals surface area contributed by atoms with Crippen LogP contribution in [-0.2, 0) is 21.7 Å². The molecule has 0 N–H and O–H groups in total. The second-order valence-electron chi connectivity index (χ2n) is 5.65. The first kappa shape index (κ1) is 12.1. The van der Waals surface area contributed by atoms with Crippen LogP contribution in [-0.4, -0.2) is 42.2 Å². The molecule has 0 saturated carbocycles. The Bertz CT molecular complexity index is 496. The minimum Gasteiger partial charge on any atom is -0.378 e. The van der Waals surface area contributed by atoms with Crippen LogP contribution in [0.4, 0.5) is 0 Å². The lowest BCUT2D eigenvalue weighted by molar-refractivity contribution is -0.120. The van der Waals surface area contributed by atoms with Crippen molar-refractivity contribution in [1.29, 1.82) is 0 Å². The van der Waals surface area contributed by atoms with E-state index in [-0.39, 0.29) is 5.60 Å². The molecule has 19 heavy (non-hydrogen) atoms. The molecule has 102 valence electrons. The first-order valence-electron chi connectivity index (χ1n) is 6.88. The van der Waals surface area contributed by atoms with Crippen molar-refractivity contribution in [2.24, 2.45) is 0 Å². The van der Waals surface area contributed by atoms with E-state index >= 15 is 0 Å². The fourth-order valence-corrected chi connectivity index (χ4v) is 3.47. The largest absolute Gasteiger partial charge is 0.378 e. The zero-order valence-corrected chi connectivity index (χ0v) is 11.5. The van der Waals surface area contributed by atoms with Crippen molar-refractivity contribution in [2.75, 3.05) is 26.3 Å². The van der Waals surface area contributed by atoms with E-state index < -0.39 is 0 Å². The molecule has 1 aromatic heterocycles. The standard InChI is InChI=1S/C14H17ClN2O2/c15-12-2-1-10-7-19-14(13(10)16-12)3-5-17(6-4-14)11-8-18-9-11/h1-2,11H,3-9H2. The molecular weight excluding hydrogens is 264 g/mol. The van der Waals surface area contributed by atoms with E-state index in [0.29, 0.717) is 17.8 Å². The molecule has 0 aliphatic carbocycles. The lowest BCUT2D eigenvalue weighted by atomic mass is 9.86. The van der Waals surface area contributed by atoms with Gasteiger partial charge in [-0.2, -0.15) is 0 Å². The number of aromatic nitrogens is 1. The highest BCUT2D eigenvalue weighted by Crippen LogP contribution is 2.43. The van der Waals surface area contributed by atoms with Crippen molar-refractivity contribution in [3.63, 3.8) is 0 Å². The van der Waals surface area contributed by atoms with Gasteiger partial charge in [0.2, 0.25) is 0 Å². The van der Waals surface area contributed by atoms with Gasteiger partial charge in [-0.3, -0.25) is 4.90 Å². The Kier molecular flexibility index (Phi) is 2.81. The Labute approximate surface area is 117 Å². The van der Waals surface area contributed by atoms with Gasteiger partial charge in [0, 0.05) is 18.7 Å². The van der Waals surface area contributed by atoms with E-state index in [1.165, 1.54) is 5.56 Å². The summed E-state index contributed by atoms with van der Waals surface area (Å²) in [4.78, 5) is 7.05. The van der Waals surface area contributed by atoms with Crippen LogP contribution in [0.5, 0.6) is 0 Å². The molecule has 2 fully saturated rings. The smallest absolute Gasteiger partial charge is 0.129 e. The second kappa shape index (κ2) is 4.42. The first-order valence-corrected chi connectivity index (χ1v) is 7.26. The van der Waals surface area contributed by atoms with E-state index in [1.807, 2.05) is 12.1 Å². The zero-order chi connectivity index (χ0) is 12.9. The Morgan fingerprint density at radius 1 is 1.26 bits per heavy atom. The topological polar surface area (TPSA) is 34.6 Å². The molecule has 0 atom stereocenters. The molecule has 3 aliphatic rings. The number of hydrogen-bond donors (Lipinski definition) is 0. The lowest BCUT2D eigenvalue weighted by Gasteiger charge is -2.44. The maximum Gasteiger partial charge on any atom is 0.129 e. The molecule has 4 rings (SSSR count). The van der Waals surface area contributed by atoms with E-state index in [0.717, 1.165) is 44.8 Å². The molecule has 5 heteroatoms. The molecule has 0 bridgehead atoms. The highest BCUT2D eigenvalue weighted by molar-refractivity contribution is 6.29. The van der Waals surface area contributed by atoms with Crippen LogP contribution in [0.3, 0.4) is 0 Å². The zero-order valence-electron chi connectivity index (χ0n) is 10.8. The van der Waals surface area contributed by atoms with Crippen LogP contribution in [0, 0.1) is 0 Å². The number of piperidine rings is 1. The Hall–Kier alpha value is -0.680. The van der Waals surface area contributed by atoms with Crippen molar-refractivity contribution < 1.29 is 9.47 Å². The molecule has 2 saturated heterocycles. The second-order valence-corrected chi connectivity index (χ2v) is 6.04. The number of halogens is 1. The summed E-state index contributed by atoms with van der Waals surface area (Å²) in [5, 5.41) is 0.568. The monoisotopic (exact) mass is 280 g/mol. The van der Waals surface area contributed by atoms with Crippen molar-refractivity contribution in [1.82, 2.24) is 9.88 Å². The van der Waals surface area contributed by atoms with Crippen LogP contribution in [0.15, 0.2) is 12.1 Å². The molecule has 0 amide bonds. The molecule has 1 spiro atoms. The molecular formula is C14H17ClN2O2. The third-order valence-electron chi connectivity index (χ3n) is 4.62. The normalized spacial score (nSPS) is 26.4. The van der Waals surface area contributed by atoms with Crippen molar-refractivity contribution in [3.8, 4) is 0 Å². The summed E-state index contributed by atoms with van der Waals surface area (Å²) < 4.78 is 11.4. The van der Waals surface area contributed by atoms with Crippen LogP contribution in [0.2, 0.25) is 5.15 Å². The quantitative estimate of drug-likeness (QED) is 0.737. The van der Waals surface area contributed by atoms with Crippen LogP contribution in [0.25, 0.3) is 0 Å². The summed E-state index contributed by atoms with van der Waals surface area (Å²) in [5.41, 5.74) is 2.08. The summed E-state index contributed by atoms with van der Waals surface area (Å²) in [7, 11) is 0. The summed E-state index contributed by atoms with van der Waals surface area (Å²) in [6.45, 7) is 4.55. The number of likely N-dealkylation sites (tertiary alicyclic amines) is 1. The van der Waals surface area contributed by atoms with Gasteiger partial charge in [-0.25, -0.2) is 4.98 Å². The minimum absolute atomic E-state index is 0.193. The van der Waals surface area contributed by atoms with Gasteiger partial charge in [0.15, 0.2) is 0 Å². The van der Waals surface area contributed by atoms with Gasteiger partial charge >= 0.3 is 0 Å². The molecule has 4 nitrogen and oxygen atoms in total. The number of rotatable bonds is 1. The van der Waals surface area contributed by atoms with Gasteiger partial charge in [-0.1, -0.05) is 17.7 Å². The average Bonchev–Trinajstić information content (AvgIpc) is 2.69. The number of fused-ring (bicyclic) bond motifs is 2. The predicted octanol–water partition coefficient (Wildman–Crippen LogP) is 1.96. The SMILES string of the molecule is Clc1ccc2c(n1)C1(CCN(C3COC3)CC1)OC2. The third kappa shape index (κ3) is 1.89. The summed E-state index contributed by atoms with van der Waals surface area (Å²) in [5.74, 6) is 0. The van der Waals surface area contributed by atoms with Crippen LogP contribution in [0.1, 0.15) is 24.1 Å². The number of ether oxygens (including phenoxy) is 2. The number of hydrogen-bond acceptors (Lipinski definition) is 4. The van der Waals surface area contributed by atoms with E-state index in [1.54, 1.807) is 0 Å². The average molecular weight is 281 g/mol. The highest BCUT2D eigenvalue weighted by atomic mass is 35.5. The molecule has 0 radical (unpaired) electrons. The summed E-state index contributed by atoms with van der Waals surface area (Å²) in [6, 6.07) is 4.51. The molecule has 4 heterocycles. The Morgan fingerprint density at radius 3 is 2.74 bits per heavy atom. The number of pyridine rings is 1. The van der Waals surface area contributed by atoms with Gasteiger partial charge in [-0.05, 0) is 18.9 Å². The molecule has 1 aromatic rings. The van der Waals surface area contributed by atoms with E-state index in [2.05, 4.69) is 9.88 Å². The van der Waals surface area contributed by atoms with Gasteiger partial charge < -0.3 is 9.47 Å². The Morgan fingerprint density at radius 2 is 2.05 bits per heavy atom. The molecule has 3 aliphatic heterocycles. The molecule has 0 aromatic carbocycles.